The molecule has 2 radical (unpaired) electrons. The molecule has 1 aromatic carbocycles. The number of aromatic nitrogens is 4. The highest BCUT2D eigenvalue weighted by molar-refractivity contribution is 7.14. The van der Waals surface area contributed by atoms with E-state index in [1.165, 1.54) is 23.6 Å². The quantitative estimate of drug-likeness (QED) is 0.673. The topological polar surface area (TPSA) is 43.6 Å². The van der Waals surface area contributed by atoms with Crippen molar-refractivity contribution >= 4 is 30.1 Å². The highest BCUT2D eigenvalue weighted by Gasteiger charge is 2.14. The van der Waals surface area contributed by atoms with Gasteiger partial charge in [-0.05, 0) is 30.4 Å². The lowest BCUT2D eigenvalue weighted by Crippen LogP contribution is -1.95. The van der Waals surface area contributed by atoms with Crippen LogP contribution in [0.4, 0.5) is 4.39 Å². The molecule has 0 saturated carbocycles. The molecule has 2 heterocycles. The Morgan fingerprint density at radius 1 is 1.37 bits per heavy atom. The third-order valence-corrected chi connectivity index (χ3v) is 3.88. The molecule has 0 amide bonds. The van der Waals surface area contributed by atoms with Gasteiger partial charge in [-0.2, -0.15) is 5.10 Å². The second-order valence-electron chi connectivity index (χ2n) is 4.45. The zero-order chi connectivity index (χ0) is 13.6. The van der Waals surface area contributed by atoms with Gasteiger partial charge in [-0.25, -0.2) is 9.07 Å². The molecule has 0 saturated heterocycles. The van der Waals surface area contributed by atoms with Crippen molar-refractivity contribution in [3.8, 4) is 5.13 Å². The van der Waals surface area contributed by atoms with Gasteiger partial charge in [0.1, 0.15) is 10.8 Å². The van der Waals surface area contributed by atoms with E-state index in [0.29, 0.717) is 16.0 Å². The van der Waals surface area contributed by atoms with Gasteiger partial charge in [0.05, 0.1) is 24.9 Å². The smallest absolute Gasteiger partial charge is 0.206 e. The first-order chi connectivity index (χ1) is 9.06. The van der Waals surface area contributed by atoms with E-state index in [4.69, 9.17) is 7.85 Å². The van der Waals surface area contributed by atoms with Crippen LogP contribution in [0.1, 0.15) is 23.3 Å². The van der Waals surface area contributed by atoms with Crippen molar-refractivity contribution in [2.24, 2.45) is 0 Å². The molecular formula is C12H10BFN4S. The Kier molecular flexibility index (Phi) is 2.85. The summed E-state index contributed by atoms with van der Waals surface area (Å²) < 4.78 is 15.4. The van der Waals surface area contributed by atoms with Crippen LogP contribution < -0.4 is 0 Å². The van der Waals surface area contributed by atoms with Gasteiger partial charge in [0.25, 0.3) is 0 Å². The monoisotopic (exact) mass is 272 g/mol. The van der Waals surface area contributed by atoms with E-state index < -0.39 is 0 Å². The molecule has 0 aliphatic rings. The van der Waals surface area contributed by atoms with Crippen LogP contribution >= 0.6 is 11.3 Å². The number of fused-ring (bicyclic) bond motifs is 1. The second-order valence-corrected chi connectivity index (χ2v) is 5.44. The van der Waals surface area contributed by atoms with Crippen molar-refractivity contribution in [2.45, 2.75) is 19.7 Å². The van der Waals surface area contributed by atoms with Crippen LogP contribution in [0.2, 0.25) is 0 Å². The van der Waals surface area contributed by atoms with E-state index in [1.54, 1.807) is 4.68 Å². The minimum Gasteiger partial charge on any atom is -0.206 e. The highest BCUT2D eigenvalue weighted by atomic mass is 32.1. The molecule has 3 aromatic rings. The van der Waals surface area contributed by atoms with Gasteiger partial charge in [0.15, 0.2) is 0 Å². The van der Waals surface area contributed by atoms with Crippen molar-refractivity contribution in [1.29, 1.82) is 0 Å². The van der Waals surface area contributed by atoms with Crippen molar-refractivity contribution < 1.29 is 4.39 Å². The molecule has 0 fully saturated rings. The molecule has 0 spiro atoms. The molecule has 3 rings (SSSR count). The summed E-state index contributed by atoms with van der Waals surface area (Å²) in [6.45, 7) is 3.68. The maximum atomic E-state index is 13.8. The van der Waals surface area contributed by atoms with E-state index in [9.17, 15) is 4.39 Å². The average Bonchev–Trinajstić information content (AvgIpc) is 2.93. The predicted molar refractivity (Wildman–Crippen MR) is 73.4 cm³/mol. The fraction of sp³-hybridized carbons (Fsp3) is 0.250. The van der Waals surface area contributed by atoms with Gasteiger partial charge in [0.2, 0.25) is 5.13 Å². The van der Waals surface area contributed by atoms with Crippen molar-refractivity contribution in [3.63, 3.8) is 0 Å². The van der Waals surface area contributed by atoms with Gasteiger partial charge in [-0.1, -0.05) is 18.3 Å². The third kappa shape index (κ3) is 2.04. The van der Waals surface area contributed by atoms with Crippen LogP contribution in [0.25, 0.3) is 16.0 Å². The zero-order valence-corrected chi connectivity index (χ0v) is 11.3. The molecule has 2 aromatic heterocycles. The number of halogens is 1. The SMILES string of the molecule is [B]C(C)c1nnc(-n2ncc3c(F)cc(C)cc32)s1. The summed E-state index contributed by atoms with van der Waals surface area (Å²) in [7, 11) is 5.76. The van der Waals surface area contributed by atoms with Crippen LogP contribution in [0, 0.1) is 12.7 Å². The first-order valence-electron chi connectivity index (χ1n) is 5.79. The lowest BCUT2D eigenvalue weighted by Gasteiger charge is -2.00. The Labute approximate surface area is 114 Å². The van der Waals surface area contributed by atoms with E-state index in [1.807, 2.05) is 19.9 Å². The molecule has 19 heavy (non-hydrogen) atoms. The van der Waals surface area contributed by atoms with Gasteiger partial charge in [-0.3, -0.25) is 0 Å². The minimum atomic E-state index is -0.279. The van der Waals surface area contributed by atoms with Crippen LogP contribution in [0.5, 0.6) is 0 Å². The molecule has 94 valence electrons. The lowest BCUT2D eigenvalue weighted by atomic mass is 9.91. The van der Waals surface area contributed by atoms with Crippen LogP contribution in [0.3, 0.4) is 0 Å². The fourth-order valence-corrected chi connectivity index (χ4v) is 2.63. The molecule has 0 aliphatic heterocycles. The Morgan fingerprint density at radius 3 is 2.84 bits per heavy atom. The molecule has 7 heteroatoms. The summed E-state index contributed by atoms with van der Waals surface area (Å²) in [6.07, 6.45) is 1.50. The summed E-state index contributed by atoms with van der Waals surface area (Å²) in [5.41, 5.74) is 1.52. The van der Waals surface area contributed by atoms with Crippen LogP contribution in [-0.2, 0) is 0 Å². The Hall–Kier alpha value is -1.76. The maximum absolute atomic E-state index is 13.8. The van der Waals surface area contributed by atoms with Crippen molar-refractivity contribution in [2.75, 3.05) is 0 Å². The number of hydrogen-bond donors (Lipinski definition) is 0. The highest BCUT2D eigenvalue weighted by Crippen LogP contribution is 2.25. The number of benzene rings is 1. The number of hydrogen-bond acceptors (Lipinski definition) is 4. The van der Waals surface area contributed by atoms with Gasteiger partial charge in [-0.15, -0.1) is 10.2 Å². The second kappa shape index (κ2) is 4.41. The number of rotatable bonds is 2. The number of nitrogens with zero attached hydrogens (tertiary/aromatic N) is 4. The van der Waals surface area contributed by atoms with Gasteiger partial charge < -0.3 is 0 Å². The molecule has 4 nitrogen and oxygen atoms in total. The molecule has 1 atom stereocenters. The van der Waals surface area contributed by atoms with E-state index in [0.717, 1.165) is 10.6 Å². The average molecular weight is 272 g/mol. The third-order valence-electron chi connectivity index (χ3n) is 2.78. The fourth-order valence-electron chi connectivity index (χ4n) is 1.86. The first-order valence-corrected chi connectivity index (χ1v) is 6.61. The summed E-state index contributed by atoms with van der Waals surface area (Å²) >= 11 is 1.36. The summed E-state index contributed by atoms with van der Waals surface area (Å²) in [5, 5.41) is 14.0. The maximum Gasteiger partial charge on any atom is 0.233 e. The standard InChI is InChI=1S/C12H10BFN4S/c1-6-3-9(14)8-5-15-18(10(8)4-6)12-17-16-11(19-12)7(2)13/h3-5,7H,1-2H3. The Bertz CT molecular complexity index is 749. The predicted octanol–water partition coefficient (Wildman–Crippen LogP) is 2.55. The van der Waals surface area contributed by atoms with E-state index >= 15 is 0 Å². The van der Waals surface area contributed by atoms with Gasteiger partial charge in [0, 0.05) is 0 Å². The normalized spacial score (nSPS) is 13.0. The molecule has 0 N–H and O–H groups in total. The van der Waals surface area contributed by atoms with Crippen molar-refractivity contribution in [3.05, 3.63) is 34.7 Å². The molecule has 0 bridgehead atoms. The van der Waals surface area contributed by atoms with Crippen molar-refractivity contribution in [1.82, 2.24) is 20.0 Å². The van der Waals surface area contributed by atoms with Crippen LogP contribution in [-0.4, -0.2) is 27.8 Å². The minimum absolute atomic E-state index is 0.174. The Morgan fingerprint density at radius 2 is 2.16 bits per heavy atom. The molecule has 0 aliphatic carbocycles. The summed E-state index contributed by atoms with van der Waals surface area (Å²) in [5.74, 6) is -0.454. The molecular weight excluding hydrogens is 262 g/mol. The zero-order valence-electron chi connectivity index (χ0n) is 10.5. The van der Waals surface area contributed by atoms with Crippen LogP contribution in [0.15, 0.2) is 18.3 Å². The molecule has 1 unspecified atom stereocenters. The van der Waals surface area contributed by atoms with Gasteiger partial charge >= 0.3 is 0 Å². The van der Waals surface area contributed by atoms with E-state index in [-0.39, 0.29) is 11.6 Å². The summed E-state index contributed by atoms with van der Waals surface area (Å²) in [6, 6.07) is 3.36. The Balaban J connectivity index is 2.19. The first kappa shape index (κ1) is 12.3. The van der Waals surface area contributed by atoms with E-state index in [2.05, 4.69) is 15.3 Å². The summed E-state index contributed by atoms with van der Waals surface area (Å²) in [4.78, 5) is 0. The lowest BCUT2D eigenvalue weighted by molar-refractivity contribution is 0.639. The largest absolute Gasteiger partial charge is 0.233 e. The number of aryl methyl sites for hydroxylation is 1.